The highest BCUT2D eigenvalue weighted by Crippen LogP contribution is 2.03. The van der Waals surface area contributed by atoms with Crippen molar-refractivity contribution in [3.8, 4) is 0 Å². The van der Waals surface area contributed by atoms with Gasteiger partial charge in [0.1, 0.15) is 0 Å². The van der Waals surface area contributed by atoms with Crippen LogP contribution in [-0.2, 0) is 4.74 Å². The summed E-state index contributed by atoms with van der Waals surface area (Å²) in [6.07, 6.45) is 1.46. The minimum absolute atomic E-state index is 0.253. The Labute approximate surface area is 80.4 Å². The summed E-state index contributed by atoms with van der Waals surface area (Å²) in [6.45, 7) is 5.77. The molecule has 1 fully saturated rings. The van der Waals surface area contributed by atoms with Crippen molar-refractivity contribution in [3.63, 3.8) is 0 Å². The van der Waals surface area contributed by atoms with Crippen molar-refractivity contribution in [2.45, 2.75) is 12.5 Å². The molecule has 0 saturated carbocycles. The summed E-state index contributed by atoms with van der Waals surface area (Å²) in [5.41, 5.74) is 5.56. The van der Waals surface area contributed by atoms with Gasteiger partial charge in [0, 0.05) is 19.6 Å². The van der Waals surface area contributed by atoms with Crippen LogP contribution in [0.4, 0.5) is 0 Å². The van der Waals surface area contributed by atoms with Gasteiger partial charge in [0.2, 0.25) is 0 Å². The van der Waals surface area contributed by atoms with E-state index in [9.17, 15) is 0 Å². The molecule has 0 spiro atoms. The van der Waals surface area contributed by atoms with Gasteiger partial charge in [-0.2, -0.15) is 0 Å². The number of morpholine rings is 1. The standard InChI is InChI=1S/C9H21N3O/c1-11-3-2-4-12-5-6-13-9(7-10)8-12/h9,11H,2-8,10H2,1H3/t9-/m1/s1. The second-order valence-corrected chi connectivity index (χ2v) is 3.49. The van der Waals surface area contributed by atoms with Crippen LogP contribution in [0.5, 0.6) is 0 Å². The topological polar surface area (TPSA) is 50.5 Å². The van der Waals surface area contributed by atoms with Crippen molar-refractivity contribution in [2.75, 3.05) is 46.4 Å². The SMILES string of the molecule is CNCCCN1CCO[C@H](CN)C1. The van der Waals surface area contributed by atoms with Crippen LogP contribution in [0.2, 0.25) is 0 Å². The molecule has 1 rings (SSSR count). The van der Waals surface area contributed by atoms with Crippen molar-refractivity contribution in [1.82, 2.24) is 10.2 Å². The minimum atomic E-state index is 0.253. The molecule has 0 aromatic carbocycles. The number of nitrogens with two attached hydrogens (primary N) is 1. The number of rotatable bonds is 5. The third-order valence-electron chi connectivity index (χ3n) is 2.39. The molecule has 78 valence electrons. The zero-order chi connectivity index (χ0) is 9.52. The van der Waals surface area contributed by atoms with Crippen LogP contribution in [0.15, 0.2) is 0 Å². The Kier molecular flexibility index (Phi) is 5.31. The van der Waals surface area contributed by atoms with E-state index in [-0.39, 0.29) is 6.10 Å². The summed E-state index contributed by atoms with van der Waals surface area (Å²) in [7, 11) is 1.99. The second kappa shape index (κ2) is 6.32. The zero-order valence-corrected chi connectivity index (χ0v) is 8.46. The third kappa shape index (κ3) is 4.04. The van der Waals surface area contributed by atoms with Gasteiger partial charge in [-0.05, 0) is 26.6 Å². The summed E-state index contributed by atoms with van der Waals surface area (Å²) in [4.78, 5) is 2.43. The van der Waals surface area contributed by atoms with Crippen molar-refractivity contribution < 1.29 is 4.74 Å². The smallest absolute Gasteiger partial charge is 0.0824 e. The van der Waals surface area contributed by atoms with Gasteiger partial charge >= 0.3 is 0 Å². The number of hydrogen-bond acceptors (Lipinski definition) is 4. The Morgan fingerprint density at radius 1 is 1.62 bits per heavy atom. The molecular weight excluding hydrogens is 166 g/mol. The van der Waals surface area contributed by atoms with Crippen LogP contribution in [-0.4, -0.2) is 57.4 Å². The summed E-state index contributed by atoms with van der Waals surface area (Å²) in [6, 6.07) is 0. The van der Waals surface area contributed by atoms with Crippen LogP contribution in [0.1, 0.15) is 6.42 Å². The highest BCUT2D eigenvalue weighted by Gasteiger charge is 2.17. The second-order valence-electron chi connectivity index (χ2n) is 3.49. The molecule has 1 atom stereocenters. The van der Waals surface area contributed by atoms with Crippen LogP contribution < -0.4 is 11.1 Å². The molecule has 1 heterocycles. The van der Waals surface area contributed by atoms with Gasteiger partial charge in [-0.25, -0.2) is 0 Å². The maximum absolute atomic E-state index is 5.56. The number of ether oxygens (including phenoxy) is 1. The lowest BCUT2D eigenvalue weighted by atomic mass is 10.2. The first-order valence-corrected chi connectivity index (χ1v) is 5.05. The molecule has 0 radical (unpaired) electrons. The lowest BCUT2D eigenvalue weighted by Crippen LogP contribution is -2.46. The lowest BCUT2D eigenvalue weighted by Gasteiger charge is -2.32. The Morgan fingerprint density at radius 2 is 2.46 bits per heavy atom. The molecule has 13 heavy (non-hydrogen) atoms. The van der Waals surface area contributed by atoms with Gasteiger partial charge in [-0.1, -0.05) is 0 Å². The first kappa shape index (κ1) is 10.9. The van der Waals surface area contributed by atoms with Crippen LogP contribution >= 0.6 is 0 Å². The van der Waals surface area contributed by atoms with Gasteiger partial charge in [0.15, 0.2) is 0 Å². The number of nitrogens with one attached hydrogen (secondary N) is 1. The van der Waals surface area contributed by atoms with E-state index in [2.05, 4.69) is 10.2 Å². The molecule has 1 aliphatic heterocycles. The number of nitrogens with zero attached hydrogens (tertiary/aromatic N) is 1. The van der Waals surface area contributed by atoms with E-state index in [0.29, 0.717) is 6.54 Å². The largest absolute Gasteiger partial charge is 0.374 e. The monoisotopic (exact) mass is 187 g/mol. The number of hydrogen-bond donors (Lipinski definition) is 2. The normalized spacial score (nSPS) is 24.9. The van der Waals surface area contributed by atoms with E-state index in [1.54, 1.807) is 0 Å². The van der Waals surface area contributed by atoms with Gasteiger partial charge < -0.3 is 15.8 Å². The predicted molar refractivity (Wildman–Crippen MR) is 53.8 cm³/mol. The molecule has 0 aromatic rings. The maximum Gasteiger partial charge on any atom is 0.0824 e. The summed E-state index contributed by atoms with van der Waals surface area (Å²) >= 11 is 0. The molecule has 0 aliphatic carbocycles. The fourth-order valence-corrected chi connectivity index (χ4v) is 1.61. The van der Waals surface area contributed by atoms with E-state index in [0.717, 1.165) is 32.8 Å². The molecule has 0 amide bonds. The molecule has 0 bridgehead atoms. The molecule has 0 aromatic heterocycles. The Bertz CT molecular complexity index is 132. The van der Waals surface area contributed by atoms with Gasteiger partial charge in [-0.3, -0.25) is 4.90 Å². The lowest BCUT2D eigenvalue weighted by molar-refractivity contribution is -0.0232. The Hall–Kier alpha value is -0.160. The molecule has 1 aliphatic rings. The molecule has 3 N–H and O–H groups in total. The van der Waals surface area contributed by atoms with Crippen LogP contribution in [0, 0.1) is 0 Å². The van der Waals surface area contributed by atoms with Crippen molar-refractivity contribution >= 4 is 0 Å². The molecule has 4 nitrogen and oxygen atoms in total. The van der Waals surface area contributed by atoms with E-state index in [1.807, 2.05) is 7.05 Å². The Balaban J connectivity index is 2.11. The summed E-state index contributed by atoms with van der Waals surface area (Å²) < 4.78 is 5.48. The highest BCUT2D eigenvalue weighted by molar-refractivity contribution is 4.71. The van der Waals surface area contributed by atoms with Crippen LogP contribution in [0.25, 0.3) is 0 Å². The van der Waals surface area contributed by atoms with E-state index >= 15 is 0 Å². The molecular formula is C9H21N3O. The zero-order valence-electron chi connectivity index (χ0n) is 8.46. The average molecular weight is 187 g/mol. The molecule has 4 heteroatoms. The minimum Gasteiger partial charge on any atom is -0.374 e. The van der Waals surface area contributed by atoms with Crippen LogP contribution in [0.3, 0.4) is 0 Å². The summed E-state index contributed by atoms with van der Waals surface area (Å²) in [5, 5.41) is 3.15. The molecule has 0 unspecified atom stereocenters. The quantitative estimate of drug-likeness (QED) is 0.556. The first-order valence-electron chi connectivity index (χ1n) is 5.05. The van der Waals surface area contributed by atoms with E-state index in [1.165, 1.54) is 6.42 Å². The highest BCUT2D eigenvalue weighted by atomic mass is 16.5. The predicted octanol–water partition coefficient (Wildman–Crippen LogP) is -0.745. The Morgan fingerprint density at radius 3 is 3.15 bits per heavy atom. The van der Waals surface area contributed by atoms with Crippen molar-refractivity contribution in [2.24, 2.45) is 5.73 Å². The van der Waals surface area contributed by atoms with E-state index < -0.39 is 0 Å². The fourth-order valence-electron chi connectivity index (χ4n) is 1.61. The third-order valence-corrected chi connectivity index (χ3v) is 2.39. The first-order chi connectivity index (χ1) is 6.36. The van der Waals surface area contributed by atoms with Gasteiger partial charge in [0.25, 0.3) is 0 Å². The van der Waals surface area contributed by atoms with Crippen molar-refractivity contribution in [1.29, 1.82) is 0 Å². The maximum atomic E-state index is 5.56. The fraction of sp³-hybridized carbons (Fsp3) is 1.00. The van der Waals surface area contributed by atoms with Crippen molar-refractivity contribution in [3.05, 3.63) is 0 Å². The summed E-state index contributed by atoms with van der Waals surface area (Å²) in [5.74, 6) is 0. The van der Waals surface area contributed by atoms with E-state index in [4.69, 9.17) is 10.5 Å². The van der Waals surface area contributed by atoms with Gasteiger partial charge in [-0.15, -0.1) is 0 Å². The van der Waals surface area contributed by atoms with Gasteiger partial charge in [0.05, 0.1) is 12.7 Å². The molecule has 1 saturated heterocycles. The average Bonchev–Trinajstić information content (AvgIpc) is 2.19.